The normalized spacial score (nSPS) is 14.7. The van der Waals surface area contributed by atoms with Crippen molar-refractivity contribution in [2.45, 2.75) is 26.8 Å². The van der Waals surface area contributed by atoms with Gasteiger partial charge in [0.25, 0.3) is 0 Å². The Morgan fingerprint density at radius 1 is 1.09 bits per heavy atom. The molecule has 2 amide bonds. The maximum atomic E-state index is 12.1. The molecule has 2 heterocycles. The largest absolute Gasteiger partial charge is 0.369 e. The second kappa shape index (κ2) is 10.2. The van der Waals surface area contributed by atoms with E-state index in [4.69, 9.17) is 16.1 Å². The summed E-state index contributed by atoms with van der Waals surface area (Å²) >= 11 is 6.17. The Kier molecular flexibility index (Phi) is 7.17. The number of aryl methyl sites for hydroxylation is 2. The van der Waals surface area contributed by atoms with Crippen molar-refractivity contribution in [1.82, 2.24) is 20.7 Å². The number of urea groups is 1. The second-order valence-corrected chi connectivity index (χ2v) is 8.79. The molecule has 0 bridgehead atoms. The van der Waals surface area contributed by atoms with Crippen molar-refractivity contribution in [3.63, 3.8) is 0 Å². The van der Waals surface area contributed by atoms with E-state index in [2.05, 4.69) is 44.6 Å². The van der Waals surface area contributed by atoms with Crippen LogP contribution in [0.15, 0.2) is 40.9 Å². The van der Waals surface area contributed by atoms with Gasteiger partial charge in [-0.1, -0.05) is 34.5 Å². The molecule has 1 aromatic heterocycles. The first-order valence-electron chi connectivity index (χ1n) is 11.1. The molecule has 0 radical (unpaired) electrons. The van der Waals surface area contributed by atoms with E-state index < -0.39 is 0 Å². The molecule has 170 valence electrons. The number of nitrogens with zero attached hydrogens (tertiary/aromatic N) is 3. The molecule has 3 aromatic rings. The van der Waals surface area contributed by atoms with Gasteiger partial charge in [-0.3, -0.25) is 4.90 Å². The summed E-state index contributed by atoms with van der Waals surface area (Å²) < 4.78 is 5.31. The first-order valence-corrected chi connectivity index (χ1v) is 11.5. The standard InChI is InChI=1S/C24H30ClN5O2/c1-17-4-7-23-20(14-17)21(28-32-23)16-27-24(31)26-8-3-9-29-10-12-30(13-11-29)22-15-19(25)6-5-18(22)2/h4-7,14-15H,3,8-13,16H2,1-2H3,(H2,26,27,31). The maximum Gasteiger partial charge on any atom is 0.315 e. The van der Waals surface area contributed by atoms with E-state index in [1.807, 2.05) is 31.2 Å². The van der Waals surface area contributed by atoms with Gasteiger partial charge in [0.05, 0.1) is 6.54 Å². The number of piperazine rings is 1. The van der Waals surface area contributed by atoms with Gasteiger partial charge in [-0.15, -0.1) is 0 Å². The second-order valence-electron chi connectivity index (χ2n) is 8.35. The van der Waals surface area contributed by atoms with Crippen molar-refractivity contribution in [2.24, 2.45) is 0 Å². The lowest BCUT2D eigenvalue weighted by molar-refractivity contribution is 0.235. The summed E-state index contributed by atoms with van der Waals surface area (Å²) in [5.41, 5.74) is 5.09. The highest BCUT2D eigenvalue weighted by atomic mass is 35.5. The van der Waals surface area contributed by atoms with E-state index >= 15 is 0 Å². The van der Waals surface area contributed by atoms with Gasteiger partial charge in [-0.25, -0.2) is 4.79 Å². The van der Waals surface area contributed by atoms with Crippen LogP contribution < -0.4 is 15.5 Å². The first-order chi connectivity index (χ1) is 15.5. The van der Waals surface area contributed by atoms with Crippen LogP contribution in [0.5, 0.6) is 0 Å². The Morgan fingerprint density at radius 2 is 1.91 bits per heavy atom. The van der Waals surface area contributed by atoms with Crippen LogP contribution in [0, 0.1) is 13.8 Å². The van der Waals surface area contributed by atoms with Crippen LogP contribution in [0.25, 0.3) is 11.0 Å². The Balaban J connectivity index is 1.14. The number of carbonyl (C=O) groups is 1. The summed E-state index contributed by atoms with van der Waals surface area (Å²) in [6.45, 7) is 10.1. The highest BCUT2D eigenvalue weighted by Gasteiger charge is 2.18. The van der Waals surface area contributed by atoms with Gasteiger partial charge in [-0.05, 0) is 56.6 Å². The molecule has 1 fully saturated rings. The number of benzene rings is 2. The molecule has 0 saturated carbocycles. The lowest BCUT2D eigenvalue weighted by Gasteiger charge is -2.37. The van der Waals surface area contributed by atoms with Crippen molar-refractivity contribution in [1.29, 1.82) is 0 Å². The molecule has 32 heavy (non-hydrogen) atoms. The number of nitrogens with one attached hydrogen (secondary N) is 2. The molecule has 8 heteroatoms. The average molecular weight is 456 g/mol. The minimum absolute atomic E-state index is 0.185. The minimum atomic E-state index is -0.185. The molecule has 2 N–H and O–H groups in total. The topological polar surface area (TPSA) is 73.6 Å². The zero-order valence-corrected chi connectivity index (χ0v) is 19.4. The molecule has 0 aliphatic carbocycles. The molecule has 1 aliphatic heterocycles. The molecule has 0 spiro atoms. The zero-order chi connectivity index (χ0) is 22.5. The monoisotopic (exact) mass is 455 g/mol. The lowest BCUT2D eigenvalue weighted by Crippen LogP contribution is -2.47. The number of carbonyl (C=O) groups excluding carboxylic acids is 1. The van der Waals surface area contributed by atoms with Crippen molar-refractivity contribution in [2.75, 3.05) is 44.2 Å². The third kappa shape index (κ3) is 5.53. The van der Waals surface area contributed by atoms with E-state index in [0.717, 1.165) is 66.4 Å². The van der Waals surface area contributed by atoms with Crippen LogP contribution in [-0.2, 0) is 6.54 Å². The number of amides is 2. The van der Waals surface area contributed by atoms with E-state index in [9.17, 15) is 4.79 Å². The van der Waals surface area contributed by atoms with Gasteiger partial charge >= 0.3 is 6.03 Å². The summed E-state index contributed by atoms with van der Waals surface area (Å²) in [4.78, 5) is 17.0. The lowest BCUT2D eigenvalue weighted by atomic mass is 10.1. The smallest absolute Gasteiger partial charge is 0.315 e. The molecule has 1 aliphatic rings. The Bertz CT molecular complexity index is 1080. The number of halogens is 1. The number of hydrogen-bond donors (Lipinski definition) is 2. The van der Waals surface area contributed by atoms with Crippen LogP contribution in [0.3, 0.4) is 0 Å². The van der Waals surface area contributed by atoms with E-state index in [0.29, 0.717) is 13.1 Å². The first kappa shape index (κ1) is 22.4. The Labute approximate surface area is 193 Å². The van der Waals surface area contributed by atoms with Gasteiger partial charge in [-0.2, -0.15) is 0 Å². The molecule has 2 aromatic carbocycles. The quantitative estimate of drug-likeness (QED) is 0.524. The van der Waals surface area contributed by atoms with E-state index in [-0.39, 0.29) is 6.03 Å². The summed E-state index contributed by atoms with van der Waals surface area (Å²) in [7, 11) is 0. The molecule has 0 atom stereocenters. The van der Waals surface area contributed by atoms with Gasteiger partial charge in [0.1, 0.15) is 5.69 Å². The third-order valence-corrected chi connectivity index (χ3v) is 6.17. The van der Waals surface area contributed by atoms with E-state index in [1.54, 1.807) is 0 Å². The van der Waals surface area contributed by atoms with Crippen molar-refractivity contribution in [3.05, 3.63) is 58.2 Å². The summed E-state index contributed by atoms with van der Waals surface area (Å²) in [5.74, 6) is 0. The number of aromatic nitrogens is 1. The zero-order valence-electron chi connectivity index (χ0n) is 18.7. The summed E-state index contributed by atoms with van der Waals surface area (Å²) in [5, 5.41) is 11.6. The Morgan fingerprint density at radius 3 is 2.72 bits per heavy atom. The van der Waals surface area contributed by atoms with Crippen LogP contribution in [0.4, 0.5) is 10.5 Å². The molecular weight excluding hydrogens is 426 g/mol. The van der Waals surface area contributed by atoms with Crippen LogP contribution >= 0.6 is 11.6 Å². The summed E-state index contributed by atoms with van der Waals surface area (Å²) in [6.07, 6.45) is 0.912. The van der Waals surface area contributed by atoms with Crippen molar-refractivity contribution in [3.8, 4) is 0 Å². The van der Waals surface area contributed by atoms with Crippen LogP contribution in [-0.4, -0.2) is 55.4 Å². The predicted octanol–water partition coefficient (Wildman–Crippen LogP) is 4.11. The van der Waals surface area contributed by atoms with Crippen LogP contribution in [0.1, 0.15) is 23.2 Å². The molecule has 1 saturated heterocycles. The number of fused-ring (bicyclic) bond motifs is 1. The fraction of sp³-hybridized carbons (Fsp3) is 0.417. The molecule has 7 nitrogen and oxygen atoms in total. The Hall–Kier alpha value is -2.77. The molecule has 0 unspecified atom stereocenters. The highest BCUT2D eigenvalue weighted by molar-refractivity contribution is 6.30. The number of hydrogen-bond acceptors (Lipinski definition) is 5. The van der Waals surface area contributed by atoms with Gasteiger partial charge < -0.3 is 20.1 Å². The van der Waals surface area contributed by atoms with Gasteiger partial charge in [0, 0.05) is 48.8 Å². The van der Waals surface area contributed by atoms with Crippen molar-refractivity contribution < 1.29 is 9.32 Å². The third-order valence-electron chi connectivity index (χ3n) is 5.94. The van der Waals surface area contributed by atoms with Gasteiger partial charge in [0.15, 0.2) is 5.58 Å². The number of rotatable bonds is 7. The van der Waals surface area contributed by atoms with E-state index in [1.165, 1.54) is 11.3 Å². The highest BCUT2D eigenvalue weighted by Crippen LogP contribution is 2.25. The SMILES string of the molecule is Cc1ccc2onc(CNC(=O)NCCCN3CCN(c4cc(Cl)ccc4C)CC3)c2c1. The fourth-order valence-electron chi connectivity index (χ4n) is 4.10. The average Bonchev–Trinajstić information content (AvgIpc) is 3.19. The van der Waals surface area contributed by atoms with Crippen molar-refractivity contribution >= 4 is 34.3 Å². The number of anilines is 1. The molecular formula is C24H30ClN5O2. The molecule has 4 rings (SSSR count). The van der Waals surface area contributed by atoms with Gasteiger partial charge in [0.2, 0.25) is 0 Å². The fourth-order valence-corrected chi connectivity index (χ4v) is 4.26. The minimum Gasteiger partial charge on any atom is -0.369 e. The predicted molar refractivity (Wildman–Crippen MR) is 128 cm³/mol. The maximum absolute atomic E-state index is 12.1. The van der Waals surface area contributed by atoms with Crippen LogP contribution in [0.2, 0.25) is 5.02 Å². The summed E-state index contributed by atoms with van der Waals surface area (Å²) in [6, 6.07) is 11.8.